The lowest BCUT2D eigenvalue weighted by molar-refractivity contribution is -0.124. The van der Waals surface area contributed by atoms with Crippen LogP contribution in [-0.4, -0.2) is 38.5 Å². The van der Waals surface area contributed by atoms with Crippen LogP contribution in [0.4, 0.5) is 5.69 Å². The molecule has 0 aliphatic heterocycles. The number of anilines is 1. The predicted molar refractivity (Wildman–Crippen MR) is 80.2 cm³/mol. The largest absolute Gasteiger partial charge is 0.505 e. The summed E-state index contributed by atoms with van der Waals surface area (Å²) in [6.45, 7) is 1.48. The fourth-order valence-corrected chi connectivity index (χ4v) is 1.62. The summed E-state index contributed by atoms with van der Waals surface area (Å²) >= 11 is 1.86. The molecule has 0 spiro atoms. The van der Waals surface area contributed by atoms with Crippen molar-refractivity contribution in [2.45, 2.75) is 13.0 Å². The molecular weight excluding hydrogens is 379 g/mol. The maximum absolute atomic E-state index is 11.8. The van der Waals surface area contributed by atoms with Gasteiger partial charge in [0.05, 0.1) is 10.1 Å². The van der Waals surface area contributed by atoms with E-state index in [1.54, 1.807) is 0 Å². The van der Waals surface area contributed by atoms with Gasteiger partial charge in [0.15, 0.2) is 5.75 Å². The number of carboxylic acid groups (broad SMARTS) is 1. The van der Waals surface area contributed by atoms with Crippen molar-refractivity contribution in [3.8, 4) is 5.75 Å². The molecular formula is C12H13IN2O5. The molecule has 0 bridgehead atoms. The van der Waals surface area contributed by atoms with Crippen LogP contribution < -0.4 is 10.6 Å². The monoisotopic (exact) mass is 392 g/mol. The van der Waals surface area contributed by atoms with Gasteiger partial charge in [0.2, 0.25) is 11.8 Å². The first-order valence-electron chi connectivity index (χ1n) is 5.58. The molecule has 0 aliphatic rings. The Bertz CT molecular complexity index is 547. The highest BCUT2D eigenvalue weighted by atomic mass is 127. The maximum Gasteiger partial charge on any atom is 0.339 e. The number of halogens is 1. The number of phenols is 1. The van der Waals surface area contributed by atoms with Crippen LogP contribution >= 0.6 is 22.6 Å². The SMILES string of the molecule is CC(NC(=O)CI)C(=O)Nc1cccc(C(=O)O)c1O. The highest BCUT2D eigenvalue weighted by Gasteiger charge is 2.18. The van der Waals surface area contributed by atoms with Gasteiger partial charge in [-0.3, -0.25) is 9.59 Å². The first kappa shape index (κ1) is 16.2. The van der Waals surface area contributed by atoms with Gasteiger partial charge in [-0.1, -0.05) is 28.7 Å². The molecule has 0 fully saturated rings. The molecule has 0 heterocycles. The lowest BCUT2D eigenvalue weighted by Crippen LogP contribution is -2.42. The zero-order valence-corrected chi connectivity index (χ0v) is 12.7. The van der Waals surface area contributed by atoms with Gasteiger partial charge in [-0.05, 0) is 19.1 Å². The fourth-order valence-electron chi connectivity index (χ4n) is 1.40. The van der Waals surface area contributed by atoms with E-state index in [0.29, 0.717) is 0 Å². The van der Waals surface area contributed by atoms with E-state index < -0.39 is 23.7 Å². The van der Waals surface area contributed by atoms with Gasteiger partial charge in [0, 0.05) is 0 Å². The molecule has 1 aromatic rings. The summed E-state index contributed by atoms with van der Waals surface area (Å²) in [6, 6.07) is 3.18. The average Bonchev–Trinajstić information content (AvgIpc) is 2.40. The highest BCUT2D eigenvalue weighted by molar-refractivity contribution is 14.1. The maximum atomic E-state index is 11.8. The normalized spacial score (nSPS) is 11.5. The van der Waals surface area contributed by atoms with Gasteiger partial charge in [-0.15, -0.1) is 0 Å². The second kappa shape index (κ2) is 7.08. The Kier molecular flexibility index (Phi) is 5.74. The van der Waals surface area contributed by atoms with Gasteiger partial charge >= 0.3 is 5.97 Å². The van der Waals surface area contributed by atoms with E-state index in [1.165, 1.54) is 25.1 Å². The van der Waals surface area contributed by atoms with Crippen molar-refractivity contribution in [1.29, 1.82) is 0 Å². The first-order valence-corrected chi connectivity index (χ1v) is 7.10. The Morgan fingerprint density at radius 3 is 2.55 bits per heavy atom. The zero-order chi connectivity index (χ0) is 15.3. The van der Waals surface area contributed by atoms with Crippen LogP contribution in [0.3, 0.4) is 0 Å². The van der Waals surface area contributed by atoms with E-state index in [9.17, 15) is 19.5 Å². The number of amides is 2. The third-order valence-corrected chi connectivity index (χ3v) is 3.11. The summed E-state index contributed by atoms with van der Waals surface area (Å²) in [5.74, 6) is -2.68. The van der Waals surface area contributed by atoms with E-state index in [0.717, 1.165) is 0 Å². The van der Waals surface area contributed by atoms with Crippen molar-refractivity contribution in [2.75, 3.05) is 9.74 Å². The second-order valence-electron chi connectivity index (χ2n) is 3.92. The van der Waals surface area contributed by atoms with Crippen molar-refractivity contribution >= 4 is 46.1 Å². The Balaban J connectivity index is 2.83. The molecule has 20 heavy (non-hydrogen) atoms. The molecule has 1 aromatic carbocycles. The molecule has 0 saturated heterocycles. The number of aromatic carboxylic acids is 1. The molecule has 1 unspecified atom stereocenters. The van der Waals surface area contributed by atoms with Gasteiger partial charge in [0.1, 0.15) is 11.6 Å². The number of hydrogen-bond donors (Lipinski definition) is 4. The zero-order valence-electron chi connectivity index (χ0n) is 10.5. The Morgan fingerprint density at radius 1 is 1.35 bits per heavy atom. The van der Waals surface area contributed by atoms with Crippen LogP contribution in [0.5, 0.6) is 5.75 Å². The summed E-state index contributed by atoms with van der Waals surface area (Å²) in [7, 11) is 0. The number of alkyl halides is 1. The van der Waals surface area contributed by atoms with Gasteiger partial charge in [0.25, 0.3) is 0 Å². The molecule has 1 rings (SSSR count). The third-order valence-electron chi connectivity index (χ3n) is 2.42. The summed E-state index contributed by atoms with van der Waals surface area (Å²) in [5, 5.41) is 23.4. The molecule has 2 amide bonds. The summed E-state index contributed by atoms with van der Waals surface area (Å²) in [6.07, 6.45) is 0. The van der Waals surface area contributed by atoms with Crippen molar-refractivity contribution in [3.05, 3.63) is 23.8 Å². The van der Waals surface area contributed by atoms with Gasteiger partial charge < -0.3 is 20.8 Å². The van der Waals surface area contributed by atoms with Crippen LogP contribution in [-0.2, 0) is 9.59 Å². The molecule has 8 heteroatoms. The quantitative estimate of drug-likeness (QED) is 0.339. The van der Waals surface area contributed by atoms with E-state index in [1.807, 2.05) is 22.6 Å². The second-order valence-corrected chi connectivity index (χ2v) is 4.68. The molecule has 1 atom stereocenters. The van der Waals surface area contributed by atoms with Crippen LogP contribution in [0.1, 0.15) is 17.3 Å². The van der Waals surface area contributed by atoms with E-state index in [2.05, 4.69) is 10.6 Å². The van der Waals surface area contributed by atoms with E-state index in [-0.39, 0.29) is 21.6 Å². The van der Waals surface area contributed by atoms with E-state index >= 15 is 0 Å². The summed E-state index contributed by atoms with van der Waals surface area (Å²) in [4.78, 5) is 33.8. The van der Waals surface area contributed by atoms with Crippen LogP contribution in [0.15, 0.2) is 18.2 Å². The van der Waals surface area contributed by atoms with E-state index in [4.69, 9.17) is 5.11 Å². The Hall–Kier alpha value is -1.84. The van der Waals surface area contributed by atoms with Crippen LogP contribution in [0, 0.1) is 0 Å². The number of para-hydroxylation sites is 1. The smallest absolute Gasteiger partial charge is 0.339 e. The topological polar surface area (TPSA) is 116 Å². The molecule has 108 valence electrons. The third kappa shape index (κ3) is 4.08. The molecule has 0 aliphatic carbocycles. The standard InChI is InChI=1S/C12H13IN2O5/c1-6(14-9(16)5-13)11(18)15-8-4-2-3-7(10(8)17)12(19)20/h2-4,6,17H,5H2,1H3,(H,14,16)(H,15,18)(H,19,20). The number of nitrogens with one attached hydrogen (secondary N) is 2. The molecule has 7 nitrogen and oxygen atoms in total. The fraction of sp³-hybridized carbons (Fsp3) is 0.250. The first-order chi connectivity index (χ1) is 9.36. The lowest BCUT2D eigenvalue weighted by Gasteiger charge is -2.14. The number of rotatable bonds is 5. The van der Waals surface area contributed by atoms with Crippen molar-refractivity contribution in [1.82, 2.24) is 5.32 Å². The molecule has 0 aromatic heterocycles. The lowest BCUT2D eigenvalue weighted by atomic mass is 10.1. The van der Waals surface area contributed by atoms with Crippen LogP contribution in [0.2, 0.25) is 0 Å². The van der Waals surface area contributed by atoms with Crippen LogP contribution in [0.25, 0.3) is 0 Å². The minimum absolute atomic E-state index is 0.0227. The number of carbonyl (C=O) groups excluding carboxylic acids is 2. The Morgan fingerprint density at radius 2 is 2.00 bits per heavy atom. The number of benzene rings is 1. The molecule has 4 N–H and O–H groups in total. The van der Waals surface area contributed by atoms with Crippen molar-refractivity contribution < 1.29 is 24.6 Å². The number of carboxylic acids is 1. The van der Waals surface area contributed by atoms with Gasteiger partial charge in [-0.2, -0.15) is 0 Å². The highest BCUT2D eigenvalue weighted by Crippen LogP contribution is 2.27. The van der Waals surface area contributed by atoms with Crippen molar-refractivity contribution in [2.24, 2.45) is 0 Å². The minimum Gasteiger partial charge on any atom is -0.505 e. The summed E-state index contributed by atoms with van der Waals surface area (Å²) in [5.41, 5.74) is -0.336. The van der Waals surface area contributed by atoms with Gasteiger partial charge in [-0.25, -0.2) is 4.79 Å². The molecule has 0 saturated carbocycles. The molecule has 0 radical (unpaired) electrons. The average molecular weight is 392 g/mol. The summed E-state index contributed by atoms with van der Waals surface area (Å²) < 4.78 is 0.217. The number of hydrogen-bond acceptors (Lipinski definition) is 4. The predicted octanol–water partition coefficient (Wildman–Crippen LogP) is 0.969. The minimum atomic E-state index is -1.30. The number of carbonyl (C=O) groups is 3. The van der Waals surface area contributed by atoms with Crippen molar-refractivity contribution in [3.63, 3.8) is 0 Å². The number of aromatic hydroxyl groups is 1. The Labute approximate surface area is 128 Å².